The van der Waals surface area contributed by atoms with Crippen LogP contribution in [0.2, 0.25) is 0 Å². The Bertz CT molecular complexity index is 3000. The first-order valence-corrected chi connectivity index (χ1v) is 49.4. The molecule has 4 saturated heterocycles. The summed E-state index contributed by atoms with van der Waals surface area (Å²) < 4.78 is 59.3. The second-order valence-electron chi connectivity index (χ2n) is 42.5. The third-order valence-electron chi connectivity index (χ3n) is 37.8. The van der Waals surface area contributed by atoms with Crippen LogP contribution < -0.4 is 0 Å². The van der Waals surface area contributed by atoms with E-state index in [1.807, 2.05) is 0 Å². The van der Waals surface area contributed by atoms with E-state index in [1.165, 1.54) is 135 Å². The van der Waals surface area contributed by atoms with Crippen molar-refractivity contribution >= 4 is 17.9 Å². The highest BCUT2D eigenvalue weighted by Gasteiger charge is 2.64. The average molecular weight is 1600 g/mol. The third-order valence-corrected chi connectivity index (χ3v) is 37.8. The number of carbonyl (C=O) groups excluding carboxylic acids is 2. The van der Waals surface area contributed by atoms with Gasteiger partial charge in [0.1, 0.15) is 5.60 Å². The first-order valence-electron chi connectivity index (χ1n) is 49.4. The summed E-state index contributed by atoms with van der Waals surface area (Å²) in [6.45, 7) is 38.6. The molecule has 15 nitrogen and oxygen atoms in total. The van der Waals surface area contributed by atoms with Gasteiger partial charge in [0.05, 0.1) is 54.9 Å². The van der Waals surface area contributed by atoms with Crippen molar-refractivity contribution in [3.8, 4) is 0 Å². The molecule has 41 atom stereocenters. The van der Waals surface area contributed by atoms with E-state index < -0.39 is 12.1 Å². The monoisotopic (exact) mass is 1600 g/mol. The standard InChI is InChI=1S/C26H42O3.C18H30O2.C17H28O4.C16H30O2.C12H20O2.C10H16O2/c1-4-16-10-17(5-2)25-21-12-18(24(16)25)11-20(21)22(27)13-23(28)29-26(6-3)14-15-7-8-19(26)9-15;1-3-11-8-12(4-2)18-14-9-13(17(11)18)10-15(14)20-16-6-5-7-19-16;1-10-11(2)13-9-12(10)16(20-14-5-3-7-18-14)17(13)21-15-6-4-8-19-15;1-5-6-7-8-17-13(4)18-16-10-14-9-15(16)12(3)11(14)2;1-3-9-7-10(4-2)12(8-9)5-6-14-11(12)13;1-5-6(2)8-3-7(5)4-9(8)10(11)12/h15-22,24-25,27H,4-14H2,1-3H3;11-18H,3-10H2,1-2H3;10-17H,3-9H2,1-2H3;11-16H,5-10H2,1-4H3;9-10H,3-8H2,1-2H3;5-9H,3-4H2,1-2H3,(H,11,12). The highest BCUT2D eigenvalue weighted by atomic mass is 16.7. The Morgan fingerprint density at radius 1 is 0.509 bits per heavy atom. The number of hydrogen-bond acceptors (Lipinski definition) is 14. The third kappa shape index (κ3) is 18.1. The summed E-state index contributed by atoms with van der Waals surface area (Å²) in [5.41, 5.74) is -0.290. The summed E-state index contributed by atoms with van der Waals surface area (Å²) in [5.74, 6) is 21.8. The molecule has 15 heteroatoms. The molecule has 0 radical (unpaired) electrons. The van der Waals surface area contributed by atoms with Gasteiger partial charge in [-0.1, -0.05) is 148 Å². The molecule has 4 aliphatic heterocycles. The van der Waals surface area contributed by atoms with Crippen molar-refractivity contribution in [3.05, 3.63) is 0 Å². The molecule has 12 bridgehead atoms. The van der Waals surface area contributed by atoms with Crippen molar-refractivity contribution < 1.29 is 72.0 Å². The normalized spacial score (nSPS) is 49.0. The van der Waals surface area contributed by atoms with Crippen LogP contribution in [0.4, 0.5) is 0 Å². The topological polar surface area (TPSA) is 184 Å². The molecule has 19 rings (SSSR count). The highest BCUT2D eigenvalue weighted by molar-refractivity contribution is 5.79. The molecule has 1 spiro atoms. The quantitative estimate of drug-likeness (QED) is 0.0499. The number of carboxylic acid groups (broad SMARTS) is 1. The molecule has 19 fully saturated rings. The van der Waals surface area contributed by atoms with Gasteiger partial charge in [0, 0.05) is 45.7 Å². The largest absolute Gasteiger partial charge is 0.481 e. The number of rotatable bonds is 25. The lowest BCUT2D eigenvalue weighted by molar-refractivity contribution is -0.236. The van der Waals surface area contributed by atoms with Gasteiger partial charge < -0.3 is 57.6 Å². The Balaban J connectivity index is 0.000000116. The molecule has 4 heterocycles. The van der Waals surface area contributed by atoms with Crippen molar-refractivity contribution in [2.24, 2.45) is 183 Å². The van der Waals surface area contributed by atoms with Crippen LogP contribution in [-0.4, -0.2) is 122 Å². The first kappa shape index (κ1) is 88.4. The van der Waals surface area contributed by atoms with Gasteiger partial charge in [0.2, 0.25) is 0 Å². The maximum atomic E-state index is 12.9. The molecular formula is C99H166O15. The summed E-state index contributed by atoms with van der Waals surface area (Å²) in [7, 11) is 0. The minimum absolute atomic E-state index is 0.00699. The number of ether oxygens (including phenoxy) is 10. The second-order valence-corrected chi connectivity index (χ2v) is 42.5. The molecule has 2 N–H and O–H groups in total. The summed E-state index contributed by atoms with van der Waals surface area (Å²) in [6, 6.07) is 0. The van der Waals surface area contributed by atoms with E-state index in [4.69, 9.17) is 52.5 Å². The van der Waals surface area contributed by atoms with E-state index in [1.54, 1.807) is 0 Å². The van der Waals surface area contributed by atoms with Gasteiger partial charge >= 0.3 is 17.9 Å². The molecule has 0 aromatic rings. The van der Waals surface area contributed by atoms with Crippen LogP contribution >= 0.6 is 0 Å². The summed E-state index contributed by atoms with van der Waals surface area (Å²) in [6.07, 6.45) is 42.4. The maximum Gasteiger partial charge on any atom is 0.312 e. The fraction of sp³-hybridized carbons (Fsp3) is 0.970. The van der Waals surface area contributed by atoms with Gasteiger partial charge in [0.25, 0.3) is 0 Å². The van der Waals surface area contributed by atoms with Gasteiger partial charge in [-0.3, -0.25) is 14.4 Å². The maximum absolute atomic E-state index is 12.9. The van der Waals surface area contributed by atoms with E-state index >= 15 is 0 Å². The predicted molar refractivity (Wildman–Crippen MR) is 446 cm³/mol. The smallest absolute Gasteiger partial charge is 0.312 e. The van der Waals surface area contributed by atoms with E-state index in [9.17, 15) is 19.5 Å². The number of unbranched alkanes of at least 4 members (excludes halogenated alkanes) is 2. The summed E-state index contributed by atoms with van der Waals surface area (Å²) in [5, 5.41) is 20.0. The summed E-state index contributed by atoms with van der Waals surface area (Å²) >= 11 is 0. The second kappa shape index (κ2) is 38.9. The van der Waals surface area contributed by atoms with Crippen LogP contribution in [0.1, 0.15) is 329 Å². The van der Waals surface area contributed by atoms with Crippen LogP contribution in [0, 0.1) is 183 Å². The van der Waals surface area contributed by atoms with Crippen LogP contribution in [-0.2, 0) is 61.8 Å². The van der Waals surface area contributed by atoms with E-state index in [2.05, 4.69) is 104 Å². The molecule has 41 unspecified atom stereocenters. The van der Waals surface area contributed by atoms with Crippen molar-refractivity contribution in [1.82, 2.24) is 0 Å². The van der Waals surface area contributed by atoms with E-state index in [0.29, 0.717) is 72.1 Å². The molecule has 15 aliphatic carbocycles. The SMILES string of the molecule is CC1C(C)C2CC1C(OC1CCCO1)C2OC1CCCO1.CC1C2CC(C(=O)O)C(C2)C1C.CCC1CC(CC)C2(CCOC2=O)C1.CCC1CC(CC)C2C3CC(CC3C(O)CC(=O)OC3(CC)CC4CCC3C4)C12.CCC1CC(CC)C2C3CC(CC3OC3CCCO3)C12.CCCCCOC(C)OC1CC2CC1C(C)C2C. The predicted octanol–water partition coefficient (Wildman–Crippen LogP) is 21.8. The Morgan fingerprint density at radius 3 is 1.54 bits per heavy atom. The number of carboxylic acids is 1. The lowest BCUT2D eigenvalue weighted by Gasteiger charge is -2.39. The number of aliphatic hydroxyl groups excluding tert-OH is 1. The van der Waals surface area contributed by atoms with Crippen LogP contribution in [0.3, 0.4) is 0 Å². The van der Waals surface area contributed by atoms with Gasteiger partial charge in [-0.05, 0) is 326 Å². The average Bonchev–Trinajstić information content (AvgIpc) is 1.57. The van der Waals surface area contributed by atoms with Crippen molar-refractivity contribution in [2.75, 3.05) is 33.0 Å². The van der Waals surface area contributed by atoms with Gasteiger partial charge in [-0.2, -0.15) is 0 Å². The van der Waals surface area contributed by atoms with Crippen LogP contribution in [0.5, 0.6) is 0 Å². The number of esters is 2. The molecule has 652 valence electrons. The minimum atomic E-state index is -0.568. The van der Waals surface area contributed by atoms with E-state index in [0.717, 1.165) is 228 Å². The lowest BCUT2D eigenvalue weighted by Crippen LogP contribution is -2.46. The van der Waals surface area contributed by atoms with Crippen LogP contribution in [0.15, 0.2) is 0 Å². The lowest BCUT2D eigenvalue weighted by atomic mass is 9.69. The fourth-order valence-corrected chi connectivity index (χ4v) is 31.3. The molecular weight excluding hydrogens is 1430 g/mol. The Kier molecular flexibility index (Phi) is 30.1. The van der Waals surface area contributed by atoms with Gasteiger partial charge in [0.15, 0.2) is 25.2 Å². The molecule has 114 heavy (non-hydrogen) atoms. The molecule has 0 aromatic carbocycles. The highest BCUT2D eigenvalue weighted by Crippen LogP contribution is 2.68. The fourth-order valence-electron chi connectivity index (χ4n) is 31.3. The van der Waals surface area contributed by atoms with Crippen molar-refractivity contribution in [2.45, 2.75) is 390 Å². The number of aliphatic hydroxyl groups is 1. The van der Waals surface area contributed by atoms with E-state index in [-0.39, 0.29) is 72.7 Å². The zero-order valence-corrected chi connectivity index (χ0v) is 74.5. The number of carbonyl (C=O) groups is 3. The first-order chi connectivity index (χ1) is 55.0. The van der Waals surface area contributed by atoms with Gasteiger partial charge in [-0.15, -0.1) is 0 Å². The summed E-state index contributed by atoms with van der Waals surface area (Å²) in [4.78, 5) is 35.5. The number of hydrogen-bond donors (Lipinski definition) is 2. The Hall–Kier alpha value is -1.95. The number of aliphatic carboxylic acids is 1. The van der Waals surface area contributed by atoms with Crippen molar-refractivity contribution in [3.63, 3.8) is 0 Å². The number of fused-ring (bicyclic) bond motifs is 18. The molecule has 0 amide bonds. The van der Waals surface area contributed by atoms with Crippen molar-refractivity contribution in [1.29, 1.82) is 0 Å². The van der Waals surface area contributed by atoms with Crippen LogP contribution in [0.25, 0.3) is 0 Å². The Labute approximate surface area is 692 Å². The zero-order chi connectivity index (χ0) is 80.6. The number of cyclic esters (lactones) is 1. The molecule has 15 saturated carbocycles. The van der Waals surface area contributed by atoms with Gasteiger partial charge in [-0.25, -0.2) is 0 Å². The molecule has 19 aliphatic rings. The Morgan fingerprint density at radius 2 is 1.05 bits per heavy atom. The zero-order valence-electron chi connectivity index (χ0n) is 74.5. The molecule has 0 aromatic heterocycles. The minimum Gasteiger partial charge on any atom is -0.481 e.